The predicted molar refractivity (Wildman–Crippen MR) is 92.9 cm³/mol. The van der Waals surface area contributed by atoms with E-state index in [9.17, 15) is 18.5 Å². The van der Waals surface area contributed by atoms with E-state index in [4.69, 9.17) is 9.47 Å². The molecule has 0 aromatic heterocycles. The lowest BCUT2D eigenvalue weighted by molar-refractivity contribution is -0.117. The molecule has 1 amide bonds. The number of rotatable bonds is 5. The summed E-state index contributed by atoms with van der Waals surface area (Å²) in [7, 11) is -1.36. The van der Waals surface area contributed by atoms with Gasteiger partial charge in [-0.15, -0.1) is 0 Å². The average molecular weight is 377 g/mol. The Labute approximate surface area is 151 Å². The van der Waals surface area contributed by atoms with Crippen LogP contribution in [0.4, 0.5) is 0 Å². The van der Waals surface area contributed by atoms with Crippen LogP contribution < -0.4 is 14.8 Å². The van der Waals surface area contributed by atoms with Crippen LogP contribution in [-0.4, -0.2) is 50.6 Å². The average Bonchev–Trinajstić information content (AvgIpc) is 3.22. The summed E-state index contributed by atoms with van der Waals surface area (Å²) in [6.45, 7) is 0.408. The minimum absolute atomic E-state index is 0.0392. The van der Waals surface area contributed by atoms with Crippen LogP contribution in [0.15, 0.2) is 30.0 Å². The van der Waals surface area contributed by atoms with Gasteiger partial charge in [-0.2, -0.15) is 5.26 Å². The third-order valence-corrected chi connectivity index (χ3v) is 6.12. The molecule has 0 bridgehead atoms. The van der Waals surface area contributed by atoms with Crippen LogP contribution in [0.25, 0.3) is 0 Å². The van der Waals surface area contributed by atoms with Crippen molar-refractivity contribution in [2.24, 2.45) is 0 Å². The maximum atomic E-state index is 12.3. The Hall–Kier alpha value is -2.73. The van der Waals surface area contributed by atoms with E-state index in [0.717, 1.165) is 5.56 Å². The summed E-state index contributed by atoms with van der Waals surface area (Å²) in [5.74, 6) is 0.935. The van der Waals surface area contributed by atoms with Gasteiger partial charge < -0.3 is 19.7 Å². The van der Waals surface area contributed by atoms with Crippen LogP contribution in [0, 0.1) is 11.3 Å². The van der Waals surface area contributed by atoms with Crippen molar-refractivity contribution in [1.29, 1.82) is 5.26 Å². The number of carbonyl (C=O) groups excluding carboxylic acids is 1. The Balaban J connectivity index is 1.61. The van der Waals surface area contributed by atoms with E-state index < -0.39 is 15.7 Å². The molecule has 1 aromatic carbocycles. The van der Waals surface area contributed by atoms with E-state index in [0.29, 0.717) is 17.9 Å². The summed E-state index contributed by atoms with van der Waals surface area (Å²) < 4.78 is 33.6. The smallest absolute Gasteiger partial charge is 0.263 e. The van der Waals surface area contributed by atoms with Gasteiger partial charge in [-0.05, 0) is 24.1 Å². The lowest BCUT2D eigenvalue weighted by Crippen LogP contribution is -2.31. The van der Waals surface area contributed by atoms with Crippen molar-refractivity contribution < 1.29 is 22.7 Å². The highest BCUT2D eigenvalue weighted by molar-refractivity contribution is 7.91. The summed E-state index contributed by atoms with van der Waals surface area (Å²) in [6.07, 6.45) is 1.90. The monoisotopic (exact) mass is 377 g/mol. The molecular formula is C17H19N3O5S. The van der Waals surface area contributed by atoms with Crippen molar-refractivity contribution in [1.82, 2.24) is 10.2 Å². The topological polar surface area (TPSA) is 109 Å². The first-order valence-corrected chi connectivity index (χ1v) is 9.91. The largest absolute Gasteiger partial charge is 0.454 e. The fourth-order valence-electron chi connectivity index (χ4n) is 2.87. The number of ether oxygens (including phenoxy) is 2. The fraction of sp³-hybridized carbons (Fsp3) is 0.412. The number of sulfone groups is 1. The van der Waals surface area contributed by atoms with Gasteiger partial charge in [0, 0.05) is 25.8 Å². The fourth-order valence-corrected chi connectivity index (χ4v) is 4.66. The van der Waals surface area contributed by atoms with Crippen molar-refractivity contribution >= 4 is 15.7 Å². The molecule has 1 aromatic rings. The van der Waals surface area contributed by atoms with Gasteiger partial charge in [-0.3, -0.25) is 4.79 Å². The van der Waals surface area contributed by atoms with E-state index in [2.05, 4.69) is 5.32 Å². The first-order chi connectivity index (χ1) is 12.4. The molecule has 1 fully saturated rings. The molecule has 8 nitrogen and oxygen atoms in total. The third kappa shape index (κ3) is 4.08. The number of fused-ring (bicyclic) bond motifs is 1. The lowest BCUT2D eigenvalue weighted by Gasteiger charge is -2.21. The number of nitrogens with one attached hydrogen (secondary N) is 1. The van der Waals surface area contributed by atoms with Crippen LogP contribution in [-0.2, 0) is 21.2 Å². The summed E-state index contributed by atoms with van der Waals surface area (Å²) in [4.78, 5) is 13.9. The first-order valence-electron chi connectivity index (χ1n) is 8.09. The Bertz CT molecular complexity index is 888. The second-order valence-electron chi connectivity index (χ2n) is 6.25. The van der Waals surface area contributed by atoms with Crippen molar-refractivity contribution in [3.63, 3.8) is 0 Å². The minimum atomic E-state index is -3.03. The van der Waals surface area contributed by atoms with Gasteiger partial charge in [-0.1, -0.05) is 6.07 Å². The zero-order valence-corrected chi connectivity index (χ0v) is 15.1. The zero-order chi connectivity index (χ0) is 18.7. The number of amides is 1. The van der Waals surface area contributed by atoms with Gasteiger partial charge in [-0.25, -0.2) is 8.42 Å². The summed E-state index contributed by atoms with van der Waals surface area (Å²) in [6, 6.07) is 6.99. The van der Waals surface area contributed by atoms with Gasteiger partial charge in [0.2, 0.25) is 6.79 Å². The second-order valence-corrected chi connectivity index (χ2v) is 8.48. The zero-order valence-electron chi connectivity index (χ0n) is 14.3. The van der Waals surface area contributed by atoms with Gasteiger partial charge in [0.25, 0.3) is 5.91 Å². The normalized spacial score (nSPS) is 20.5. The Kier molecular flexibility index (Phi) is 5.04. The highest BCUT2D eigenvalue weighted by Gasteiger charge is 2.30. The molecule has 0 saturated carbocycles. The van der Waals surface area contributed by atoms with Gasteiger partial charge in [0.15, 0.2) is 21.3 Å². The summed E-state index contributed by atoms with van der Waals surface area (Å²) in [5.41, 5.74) is 0.743. The van der Waals surface area contributed by atoms with Crippen LogP contribution >= 0.6 is 0 Å². The van der Waals surface area contributed by atoms with E-state index in [1.165, 1.54) is 6.20 Å². The number of hydrogen-bond donors (Lipinski definition) is 1. The Morgan fingerprint density at radius 3 is 2.88 bits per heavy atom. The van der Waals surface area contributed by atoms with Gasteiger partial charge in [0.05, 0.1) is 11.5 Å². The highest BCUT2D eigenvalue weighted by atomic mass is 32.2. The van der Waals surface area contributed by atoms with Crippen LogP contribution in [0.1, 0.15) is 12.0 Å². The molecule has 1 atom stereocenters. The maximum Gasteiger partial charge on any atom is 0.263 e. The van der Waals surface area contributed by atoms with Gasteiger partial charge in [0.1, 0.15) is 11.6 Å². The summed E-state index contributed by atoms with van der Waals surface area (Å²) in [5, 5.41) is 11.9. The second kappa shape index (κ2) is 7.25. The van der Waals surface area contributed by atoms with Crippen LogP contribution in [0.2, 0.25) is 0 Å². The van der Waals surface area contributed by atoms with E-state index in [-0.39, 0.29) is 36.5 Å². The molecule has 0 spiro atoms. The summed E-state index contributed by atoms with van der Waals surface area (Å²) >= 11 is 0. The molecule has 138 valence electrons. The van der Waals surface area contributed by atoms with Crippen LogP contribution in [0.3, 0.4) is 0 Å². The quantitative estimate of drug-likeness (QED) is 0.590. The number of hydrogen-bond acceptors (Lipinski definition) is 7. The molecule has 0 aliphatic carbocycles. The SMILES string of the molecule is CN(/C=C(/C#N)C(=O)NCc1ccc2c(c1)OCO2)C1CCS(=O)(=O)C1. The standard InChI is InChI=1S/C17H19N3O5S/c1-20(14-4-5-26(22,23)10-14)9-13(7-18)17(21)19-8-12-2-3-15-16(6-12)25-11-24-15/h2-3,6,9,14H,4-5,8,10-11H2,1H3,(H,19,21)/b13-9-. The molecule has 2 heterocycles. The number of nitriles is 1. The molecule has 0 radical (unpaired) electrons. The van der Waals surface area contributed by atoms with Crippen LogP contribution in [0.5, 0.6) is 11.5 Å². The number of benzene rings is 1. The van der Waals surface area contributed by atoms with Gasteiger partial charge >= 0.3 is 0 Å². The van der Waals surface area contributed by atoms with E-state index in [1.54, 1.807) is 30.1 Å². The van der Waals surface area contributed by atoms with E-state index in [1.807, 2.05) is 6.07 Å². The molecule has 1 saturated heterocycles. The molecular weight excluding hydrogens is 358 g/mol. The minimum Gasteiger partial charge on any atom is -0.454 e. The molecule has 1 unspecified atom stereocenters. The first kappa shape index (κ1) is 18.1. The lowest BCUT2D eigenvalue weighted by atomic mass is 10.2. The van der Waals surface area contributed by atoms with Crippen molar-refractivity contribution in [3.8, 4) is 17.6 Å². The molecule has 9 heteroatoms. The Morgan fingerprint density at radius 1 is 1.42 bits per heavy atom. The molecule has 2 aliphatic rings. The van der Waals surface area contributed by atoms with E-state index >= 15 is 0 Å². The molecule has 26 heavy (non-hydrogen) atoms. The Morgan fingerprint density at radius 2 is 2.19 bits per heavy atom. The highest BCUT2D eigenvalue weighted by Crippen LogP contribution is 2.32. The predicted octanol–water partition coefficient (Wildman–Crippen LogP) is 0.558. The molecule has 3 rings (SSSR count). The van der Waals surface area contributed by atoms with Crippen molar-refractivity contribution in [2.45, 2.75) is 19.0 Å². The van der Waals surface area contributed by atoms with Crippen molar-refractivity contribution in [3.05, 3.63) is 35.5 Å². The third-order valence-electron chi connectivity index (χ3n) is 4.37. The molecule has 1 N–H and O–H groups in total. The number of carbonyl (C=O) groups is 1. The number of nitrogens with zero attached hydrogens (tertiary/aromatic N) is 2. The molecule has 2 aliphatic heterocycles. The van der Waals surface area contributed by atoms with Crippen molar-refractivity contribution in [2.75, 3.05) is 25.3 Å². The maximum absolute atomic E-state index is 12.3.